The molecule has 1 saturated heterocycles. The first-order valence-electron chi connectivity index (χ1n) is 4.27. The van der Waals surface area contributed by atoms with Crippen LogP contribution < -0.4 is 5.32 Å². The highest BCUT2D eigenvalue weighted by Crippen LogP contribution is 2.11. The van der Waals surface area contributed by atoms with Gasteiger partial charge in [0.15, 0.2) is 0 Å². The van der Waals surface area contributed by atoms with Gasteiger partial charge in [-0.05, 0) is 12.8 Å². The van der Waals surface area contributed by atoms with Gasteiger partial charge in [0, 0.05) is 12.0 Å². The smallest absolute Gasteiger partial charge is 0.253 e. The molecular weight excluding hydrogens is 154 g/mol. The van der Waals surface area contributed by atoms with Crippen LogP contribution in [0.15, 0.2) is 11.6 Å². The number of hydrogen-bond donors (Lipinski definition) is 1. The molecule has 1 N–H and O–H groups in total. The van der Waals surface area contributed by atoms with E-state index in [1.807, 2.05) is 6.08 Å². The first-order valence-corrected chi connectivity index (χ1v) is 4.27. The van der Waals surface area contributed by atoms with Gasteiger partial charge < -0.3 is 0 Å². The molecule has 0 aliphatic carbocycles. The summed E-state index contributed by atoms with van der Waals surface area (Å²) in [6.07, 6.45) is 4.91. The zero-order valence-corrected chi connectivity index (χ0v) is 7.22. The Hall–Kier alpha value is -1.12. The third kappa shape index (κ3) is 2.19. The Balaban J connectivity index is 2.56. The first kappa shape index (κ1) is 8.97. The van der Waals surface area contributed by atoms with Gasteiger partial charge in [-0.15, -0.1) is 0 Å². The van der Waals surface area contributed by atoms with Crippen LogP contribution in [0.5, 0.6) is 0 Å². The molecule has 3 nitrogen and oxygen atoms in total. The SMILES string of the molecule is CCC/C=C1\CCC(=O)NC1=O. The molecule has 1 rings (SSSR count). The van der Waals surface area contributed by atoms with Gasteiger partial charge >= 0.3 is 0 Å². The van der Waals surface area contributed by atoms with Gasteiger partial charge in [0.1, 0.15) is 0 Å². The number of unbranched alkanes of at least 4 members (excludes halogenated alkanes) is 1. The van der Waals surface area contributed by atoms with Gasteiger partial charge in [-0.2, -0.15) is 0 Å². The summed E-state index contributed by atoms with van der Waals surface area (Å²) in [5, 5.41) is 2.29. The normalized spacial score (nSPS) is 21.2. The minimum Gasteiger partial charge on any atom is -0.293 e. The summed E-state index contributed by atoms with van der Waals surface area (Å²) in [7, 11) is 0. The van der Waals surface area contributed by atoms with Crippen LogP contribution in [0.1, 0.15) is 32.6 Å². The fourth-order valence-corrected chi connectivity index (χ4v) is 1.14. The van der Waals surface area contributed by atoms with Gasteiger partial charge in [0.2, 0.25) is 5.91 Å². The average molecular weight is 167 g/mol. The monoisotopic (exact) mass is 167 g/mol. The summed E-state index contributed by atoms with van der Waals surface area (Å²) in [6.45, 7) is 2.06. The summed E-state index contributed by atoms with van der Waals surface area (Å²) in [4.78, 5) is 21.8. The maximum Gasteiger partial charge on any atom is 0.253 e. The van der Waals surface area contributed by atoms with Gasteiger partial charge in [-0.25, -0.2) is 0 Å². The highest BCUT2D eigenvalue weighted by Gasteiger charge is 2.19. The maximum atomic E-state index is 11.1. The number of nitrogens with one attached hydrogen (secondary N) is 1. The number of piperidine rings is 1. The van der Waals surface area contributed by atoms with E-state index in [2.05, 4.69) is 12.2 Å². The molecule has 1 heterocycles. The molecule has 0 aromatic carbocycles. The summed E-state index contributed by atoms with van der Waals surface area (Å²) < 4.78 is 0. The number of carbonyl (C=O) groups is 2. The standard InChI is InChI=1S/C9H13NO2/c1-2-3-4-7-5-6-8(11)10-9(7)12/h4H,2-3,5-6H2,1H3,(H,10,11,12)/b7-4+. The molecule has 0 radical (unpaired) electrons. The highest BCUT2D eigenvalue weighted by molar-refractivity contribution is 6.07. The fraction of sp³-hybridized carbons (Fsp3) is 0.556. The van der Waals surface area contributed by atoms with Crippen LogP contribution in [-0.4, -0.2) is 11.8 Å². The number of hydrogen-bond acceptors (Lipinski definition) is 2. The molecule has 0 bridgehead atoms. The summed E-state index contributed by atoms with van der Waals surface area (Å²) in [5.74, 6) is -0.367. The van der Waals surface area contributed by atoms with Crippen molar-refractivity contribution in [2.45, 2.75) is 32.6 Å². The third-order valence-corrected chi connectivity index (χ3v) is 1.85. The second-order valence-corrected chi connectivity index (χ2v) is 2.90. The molecule has 66 valence electrons. The zero-order valence-electron chi connectivity index (χ0n) is 7.22. The van der Waals surface area contributed by atoms with Gasteiger partial charge in [0.25, 0.3) is 5.91 Å². The number of imide groups is 1. The van der Waals surface area contributed by atoms with Crippen LogP contribution in [0.3, 0.4) is 0 Å². The lowest BCUT2D eigenvalue weighted by atomic mass is 10.0. The van der Waals surface area contributed by atoms with Crippen molar-refractivity contribution in [3.8, 4) is 0 Å². The fourth-order valence-electron chi connectivity index (χ4n) is 1.14. The van der Waals surface area contributed by atoms with E-state index >= 15 is 0 Å². The summed E-state index contributed by atoms with van der Waals surface area (Å²) in [5.41, 5.74) is 0.761. The molecule has 0 aromatic heterocycles. The van der Waals surface area contributed by atoms with Gasteiger partial charge in [-0.3, -0.25) is 14.9 Å². The van der Waals surface area contributed by atoms with Crippen LogP contribution in [0.25, 0.3) is 0 Å². The lowest BCUT2D eigenvalue weighted by molar-refractivity contribution is -0.130. The van der Waals surface area contributed by atoms with E-state index in [4.69, 9.17) is 0 Å². The van der Waals surface area contributed by atoms with Crippen LogP contribution in [0, 0.1) is 0 Å². The van der Waals surface area contributed by atoms with Gasteiger partial charge in [0.05, 0.1) is 0 Å². The molecule has 0 spiro atoms. The van der Waals surface area contributed by atoms with E-state index in [0.717, 1.165) is 18.4 Å². The molecule has 0 saturated carbocycles. The third-order valence-electron chi connectivity index (χ3n) is 1.85. The number of carbonyl (C=O) groups excluding carboxylic acids is 2. The Morgan fingerprint density at radius 2 is 2.17 bits per heavy atom. The van der Waals surface area contributed by atoms with E-state index in [0.29, 0.717) is 12.8 Å². The van der Waals surface area contributed by atoms with Crippen LogP contribution in [0.2, 0.25) is 0 Å². The largest absolute Gasteiger partial charge is 0.293 e. The minimum atomic E-state index is -0.209. The summed E-state index contributed by atoms with van der Waals surface area (Å²) >= 11 is 0. The van der Waals surface area contributed by atoms with E-state index in [9.17, 15) is 9.59 Å². The second kappa shape index (κ2) is 4.04. The number of amides is 2. The predicted molar refractivity (Wildman–Crippen MR) is 45.4 cm³/mol. The number of allylic oxidation sites excluding steroid dienone is 1. The highest BCUT2D eigenvalue weighted by atomic mass is 16.2. The van der Waals surface area contributed by atoms with Gasteiger partial charge in [-0.1, -0.05) is 19.4 Å². The Kier molecular flexibility index (Phi) is 3.02. The molecule has 1 aliphatic heterocycles. The molecule has 2 amide bonds. The van der Waals surface area contributed by atoms with E-state index < -0.39 is 0 Å². The van der Waals surface area contributed by atoms with Crippen LogP contribution in [-0.2, 0) is 9.59 Å². The van der Waals surface area contributed by atoms with Crippen molar-refractivity contribution in [2.75, 3.05) is 0 Å². The Labute approximate surface area is 71.8 Å². The van der Waals surface area contributed by atoms with Crippen molar-refractivity contribution in [2.24, 2.45) is 0 Å². The molecule has 12 heavy (non-hydrogen) atoms. The maximum absolute atomic E-state index is 11.1. The Morgan fingerprint density at radius 3 is 2.75 bits per heavy atom. The van der Waals surface area contributed by atoms with E-state index in [1.54, 1.807) is 0 Å². The van der Waals surface area contributed by atoms with Crippen LogP contribution >= 0.6 is 0 Å². The minimum absolute atomic E-state index is 0.159. The van der Waals surface area contributed by atoms with Crippen molar-refractivity contribution < 1.29 is 9.59 Å². The molecule has 1 fully saturated rings. The topological polar surface area (TPSA) is 46.2 Å². The number of rotatable bonds is 2. The predicted octanol–water partition coefficient (Wildman–Crippen LogP) is 1.15. The molecule has 3 heteroatoms. The van der Waals surface area contributed by atoms with Crippen molar-refractivity contribution in [1.29, 1.82) is 0 Å². The van der Waals surface area contributed by atoms with Crippen LogP contribution in [0.4, 0.5) is 0 Å². The average Bonchev–Trinajstić information content (AvgIpc) is 2.03. The lowest BCUT2D eigenvalue weighted by Gasteiger charge is -2.12. The zero-order chi connectivity index (χ0) is 8.97. The molecular formula is C9H13NO2. The summed E-state index contributed by atoms with van der Waals surface area (Å²) in [6, 6.07) is 0. The molecule has 0 atom stereocenters. The lowest BCUT2D eigenvalue weighted by Crippen LogP contribution is -2.35. The van der Waals surface area contributed by atoms with E-state index in [1.165, 1.54) is 0 Å². The second-order valence-electron chi connectivity index (χ2n) is 2.90. The Morgan fingerprint density at radius 1 is 1.42 bits per heavy atom. The molecule has 1 aliphatic rings. The molecule has 0 aromatic rings. The van der Waals surface area contributed by atoms with E-state index in [-0.39, 0.29) is 11.8 Å². The van der Waals surface area contributed by atoms with Crippen molar-refractivity contribution >= 4 is 11.8 Å². The quantitative estimate of drug-likeness (QED) is 0.495. The first-order chi connectivity index (χ1) is 5.74. The Bertz CT molecular complexity index is 231. The van der Waals surface area contributed by atoms with Crippen molar-refractivity contribution in [3.63, 3.8) is 0 Å². The van der Waals surface area contributed by atoms with Crippen molar-refractivity contribution in [3.05, 3.63) is 11.6 Å². The molecule has 0 unspecified atom stereocenters. The van der Waals surface area contributed by atoms with Crippen molar-refractivity contribution in [1.82, 2.24) is 5.32 Å².